The number of benzene rings is 2. The largest absolute Gasteiger partial charge is 0.353 e. The van der Waals surface area contributed by atoms with E-state index in [4.69, 9.17) is 0 Å². The average Bonchev–Trinajstić information content (AvgIpc) is 2.76. The van der Waals surface area contributed by atoms with Gasteiger partial charge in [0.1, 0.15) is 0 Å². The quantitative estimate of drug-likeness (QED) is 0.634. The summed E-state index contributed by atoms with van der Waals surface area (Å²) in [7, 11) is 0. The van der Waals surface area contributed by atoms with Gasteiger partial charge in [-0.2, -0.15) is 0 Å². The van der Waals surface area contributed by atoms with Crippen molar-refractivity contribution in [2.75, 3.05) is 18.8 Å². The number of thioether (sulfide) groups is 1. The number of carbonyl (C=O) groups is 2. The van der Waals surface area contributed by atoms with E-state index >= 15 is 0 Å². The van der Waals surface area contributed by atoms with Crippen LogP contribution in [0.2, 0.25) is 0 Å². The van der Waals surface area contributed by atoms with Gasteiger partial charge in [-0.3, -0.25) is 9.59 Å². The lowest BCUT2D eigenvalue weighted by atomic mass is 10.0. The third-order valence-electron chi connectivity index (χ3n) is 5.76. The molecule has 1 heterocycles. The Balaban J connectivity index is 1.32. The SMILES string of the molecule is Cc1ccc(SCCC(=O)N2CCC(NC(=O)CCc3ccccc3)CC2)cc1C. The molecule has 0 atom stereocenters. The Labute approximate surface area is 184 Å². The Hall–Kier alpha value is -2.27. The molecule has 0 bridgehead atoms. The van der Waals surface area contributed by atoms with E-state index in [9.17, 15) is 9.59 Å². The fourth-order valence-electron chi connectivity index (χ4n) is 3.69. The maximum atomic E-state index is 12.5. The van der Waals surface area contributed by atoms with Crippen LogP contribution in [0.1, 0.15) is 42.4 Å². The second kappa shape index (κ2) is 11.2. The van der Waals surface area contributed by atoms with Gasteiger partial charge in [0.2, 0.25) is 11.8 Å². The zero-order valence-electron chi connectivity index (χ0n) is 18.0. The second-order valence-corrected chi connectivity index (χ2v) is 9.22. The average molecular weight is 425 g/mol. The van der Waals surface area contributed by atoms with Gasteiger partial charge in [0.25, 0.3) is 0 Å². The zero-order chi connectivity index (χ0) is 21.3. The molecule has 30 heavy (non-hydrogen) atoms. The van der Waals surface area contributed by atoms with Gasteiger partial charge in [-0.25, -0.2) is 0 Å². The molecule has 0 aromatic heterocycles. The van der Waals surface area contributed by atoms with Crippen molar-refractivity contribution in [2.24, 2.45) is 0 Å². The van der Waals surface area contributed by atoms with Crippen LogP contribution in [0.25, 0.3) is 0 Å². The van der Waals surface area contributed by atoms with Crippen molar-refractivity contribution in [1.29, 1.82) is 0 Å². The van der Waals surface area contributed by atoms with E-state index in [-0.39, 0.29) is 17.9 Å². The van der Waals surface area contributed by atoms with Gasteiger partial charge >= 0.3 is 0 Å². The molecule has 0 aliphatic carbocycles. The van der Waals surface area contributed by atoms with Gasteiger partial charge < -0.3 is 10.2 Å². The summed E-state index contributed by atoms with van der Waals surface area (Å²) >= 11 is 1.74. The molecule has 1 aliphatic rings. The number of likely N-dealkylation sites (tertiary alicyclic amines) is 1. The lowest BCUT2D eigenvalue weighted by Crippen LogP contribution is -2.46. The van der Waals surface area contributed by atoms with E-state index in [1.54, 1.807) is 11.8 Å². The molecule has 160 valence electrons. The summed E-state index contributed by atoms with van der Waals surface area (Å²) in [6, 6.07) is 16.7. The van der Waals surface area contributed by atoms with Gasteiger partial charge in [-0.1, -0.05) is 36.4 Å². The summed E-state index contributed by atoms with van der Waals surface area (Å²) in [5, 5.41) is 3.14. The van der Waals surface area contributed by atoms with E-state index < -0.39 is 0 Å². The molecule has 0 saturated carbocycles. The third-order valence-corrected chi connectivity index (χ3v) is 6.75. The van der Waals surface area contributed by atoms with E-state index in [2.05, 4.69) is 49.5 Å². The van der Waals surface area contributed by atoms with E-state index in [0.717, 1.165) is 38.1 Å². The molecule has 3 rings (SSSR count). The number of hydrogen-bond acceptors (Lipinski definition) is 3. The van der Waals surface area contributed by atoms with Crippen LogP contribution in [-0.4, -0.2) is 41.6 Å². The lowest BCUT2D eigenvalue weighted by Gasteiger charge is -2.32. The first-order chi connectivity index (χ1) is 14.5. The molecule has 1 N–H and O–H groups in total. The number of nitrogens with one attached hydrogen (secondary N) is 1. The molecule has 0 radical (unpaired) electrons. The van der Waals surface area contributed by atoms with Crippen molar-refractivity contribution < 1.29 is 9.59 Å². The van der Waals surface area contributed by atoms with Crippen LogP contribution in [0.15, 0.2) is 53.4 Å². The maximum Gasteiger partial charge on any atom is 0.223 e. The van der Waals surface area contributed by atoms with Gasteiger partial charge in [0.05, 0.1) is 0 Å². The minimum Gasteiger partial charge on any atom is -0.353 e. The summed E-state index contributed by atoms with van der Waals surface area (Å²) in [5.41, 5.74) is 3.77. The van der Waals surface area contributed by atoms with E-state index in [1.165, 1.54) is 21.6 Å². The van der Waals surface area contributed by atoms with Gasteiger partial charge in [0.15, 0.2) is 0 Å². The Kier molecular flexibility index (Phi) is 8.38. The van der Waals surface area contributed by atoms with E-state index in [0.29, 0.717) is 12.8 Å². The van der Waals surface area contributed by atoms with Crippen molar-refractivity contribution in [3.05, 3.63) is 65.2 Å². The topological polar surface area (TPSA) is 49.4 Å². The minimum atomic E-state index is 0.105. The predicted octanol–water partition coefficient (Wildman–Crippen LogP) is 4.53. The van der Waals surface area contributed by atoms with Crippen LogP contribution in [0, 0.1) is 13.8 Å². The Morgan fingerprint density at radius 2 is 1.73 bits per heavy atom. The van der Waals surface area contributed by atoms with Gasteiger partial charge in [-0.15, -0.1) is 11.8 Å². The highest BCUT2D eigenvalue weighted by Crippen LogP contribution is 2.22. The van der Waals surface area contributed by atoms with Crippen molar-refractivity contribution >= 4 is 23.6 Å². The highest BCUT2D eigenvalue weighted by atomic mass is 32.2. The first kappa shape index (κ1) is 22.4. The van der Waals surface area contributed by atoms with Gasteiger partial charge in [-0.05, 0) is 61.9 Å². The van der Waals surface area contributed by atoms with Crippen molar-refractivity contribution in [2.45, 2.75) is 56.9 Å². The molecule has 2 amide bonds. The molecule has 1 saturated heterocycles. The molecule has 2 aromatic carbocycles. The molecule has 1 fully saturated rings. The number of rotatable bonds is 8. The Bertz CT molecular complexity index is 845. The first-order valence-electron chi connectivity index (χ1n) is 10.8. The molecular weight excluding hydrogens is 392 g/mol. The number of nitrogens with zero attached hydrogens (tertiary/aromatic N) is 1. The summed E-state index contributed by atoms with van der Waals surface area (Å²) < 4.78 is 0. The number of hydrogen-bond donors (Lipinski definition) is 1. The minimum absolute atomic E-state index is 0.105. The van der Waals surface area contributed by atoms with Crippen LogP contribution in [-0.2, 0) is 16.0 Å². The van der Waals surface area contributed by atoms with Crippen LogP contribution in [0.5, 0.6) is 0 Å². The number of piperidine rings is 1. The highest BCUT2D eigenvalue weighted by Gasteiger charge is 2.23. The molecule has 4 nitrogen and oxygen atoms in total. The van der Waals surface area contributed by atoms with Crippen LogP contribution in [0.3, 0.4) is 0 Å². The number of carbonyl (C=O) groups excluding carboxylic acids is 2. The van der Waals surface area contributed by atoms with Crippen LogP contribution < -0.4 is 5.32 Å². The molecule has 1 aliphatic heterocycles. The predicted molar refractivity (Wildman–Crippen MR) is 124 cm³/mol. The molecule has 0 unspecified atom stereocenters. The summed E-state index contributed by atoms with van der Waals surface area (Å²) in [4.78, 5) is 27.9. The molecular formula is C25H32N2O2S. The zero-order valence-corrected chi connectivity index (χ0v) is 18.8. The lowest BCUT2D eigenvalue weighted by molar-refractivity contribution is -0.132. The van der Waals surface area contributed by atoms with Crippen molar-refractivity contribution in [1.82, 2.24) is 10.2 Å². The standard InChI is InChI=1S/C25H32N2O2S/c1-19-8-10-23(18-20(19)2)30-17-14-25(29)27-15-12-22(13-16-27)26-24(28)11-9-21-6-4-3-5-7-21/h3-8,10,18,22H,9,11-17H2,1-2H3,(H,26,28). The Morgan fingerprint density at radius 1 is 1.00 bits per heavy atom. The van der Waals surface area contributed by atoms with Crippen molar-refractivity contribution in [3.8, 4) is 0 Å². The Morgan fingerprint density at radius 3 is 2.43 bits per heavy atom. The third kappa shape index (κ3) is 6.91. The van der Waals surface area contributed by atoms with Gasteiger partial charge in [0, 0.05) is 42.6 Å². The van der Waals surface area contributed by atoms with Crippen LogP contribution >= 0.6 is 11.8 Å². The highest BCUT2D eigenvalue weighted by molar-refractivity contribution is 7.99. The number of amides is 2. The fourth-order valence-corrected chi connectivity index (χ4v) is 4.63. The van der Waals surface area contributed by atoms with E-state index in [1.807, 2.05) is 23.1 Å². The smallest absolute Gasteiger partial charge is 0.223 e. The normalized spacial score (nSPS) is 14.5. The molecule has 5 heteroatoms. The summed E-state index contributed by atoms with van der Waals surface area (Å²) in [5.74, 6) is 1.13. The summed E-state index contributed by atoms with van der Waals surface area (Å²) in [6.07, 6.45) is 3.52. The number of aryl methyl sites for hydroxylation is 3. The van der Waals surface area contributed by atoms with Crippen LogP contribution in [0.4, 0.5) is 0 Å². The first-order valence-corrected chi connectivity index (χ1v) is 11.8. The van der Waals surface area contributed by atoms with Crippen molar-refractivity contribution in [3.63, 3.8) is 0 Å². The maximum absolute atomic E-state index is 12.5. The molecule has 2 aromatic rings. The molecule has 0 spiro atoms. The fraction of sp³-hybridized carbons (Fsp3) is 0.440. The monoisotopic (exact) mass is 424 g/mol. The summed E-state index contributed by atoms with van der Waals surface area (Å²) in [6.45, 7) is 5.70. The second-order valence-electron chi connectivity index (χ2n) is 8.05.